The van der Waals surface area contributed by atoms with Gasteiger partial charge in [0.05, 0.1) is 49.6 Å². The first-order chi connectivity index (χ1) is 15.4. The van der Waals surface area contributed by atoms with Crippen molar-refractivity contribution in [1.29, 1.82) is 0 Å². The molecule has 2 amide bonds. The topological polar surface area (TPSA) is 124 Å². The highest BCUT2D eigenvalue weighted by Crippen LogP contribution is 2.21. The van der Waals surface area contributed by atoms with Crippen molar-refractivity contribution in [1.82, 2.24) is 4.98 Å². The number of hydrogen-bond acceptors (Lipinski definition) is 9. The fourth-order valence-electron chi connectivity index (χ4n) is 2.72. The normalized spacial score (nSPS) is 10.3. The number of rotatable bonds is 8. The molecule has 0 saturated heterocycles. The molecule has 2 heterocycles. The first-order valence-corrected chi connectivity index (χ1v) is 11.0. The average molecular weight is 474 g/mol. The lowest BCUT2D eigenvalue weighted by atomic mass is 10.1. The molecule has 0 unspecified atom stereocenters. The summed E-state index contributed by atoms with van der Waals surface area (Å²) in [5.41, 5.74) is 0.820. The van der Waals surface area contributed by atoms with Crippen LogP contribution in [-0.2, 0) is 31.9 Å². The number of hydrogen-bond donors (Lipinski definition) is 2. The molecule has 0 atom stereocenters. The minimum Gasteiger partial charge on any atom is -0.465 e. The molecule has 0 fully saturated rings. The molecule has 1 aromatic carbocycles. The standard InChI is InChI=1S/C21H19N3O6S2/c1-29-19(27)12-5-6-15(20(28)30-2)16(8-12)23-17(25)9-13-11-32-21(22-13)24-18(26)10-14-4-3-7-31-14/h3-8,11H,9-10H2,1-2H3,(H,23,25)(H,22,24,26). The molecule has 0 aliphatic rings. The highest BCUT2D eigenvalue weighted by atomic mass is 32.1. The zero-order valence-corrected chi connectivity index (χ0v) is 18.8. The van der Waals surface area contributed by atoms with E-state index >= 15 is 0 Å². The number of carbonyl (C=O) groups excluding carboxylic acids is 4. The van der Waals surface area contributed by atoms with Crippen LogP contribution in [0.5, 0.6) is 0 Å². The third-order valence-corrected chi connectivity index (χ3v) is 5.86. The maximum absolute atomic E-state index is 12.5. The summed E-state index contributed by atoms with van der Waals surface area (Å²) in [4.78, 5) is 53.6. The number of thiophene rings is 1. The fraction of sp³-hybridized carbons (Fsp3) is 0.190. The minimum absolute atomic E-state index is 0.0910. The van der Waals surface area contributed by atoms with Crippen LogP contribution in [0.1, 0.15) is 31.3 Å². The van der Waals surface area contributed by atoms with E-state index in [1.807, 2.05) is 17.5 Å². The van der Waals surface area contributed by atoms with Gasteiger partial charge in [-0.05, 0) is 29.6 Å². The molecule has 3 aromatic rings. The van der Waals surface area contributed by atoms with Gasteiger partial charge in [0.25, 0.3) is 0 Å². The van der Waals surface area contributed by atoms with E-state index < -0.39 is 17.8 Å². The number of aromatic nitrogens is 1. The Bertz CT molecular complexity index is 1140. The van der Waals surface area contributed by atoms with Crippen molar-refractivity contribution in [3.63, 3.8) is 0 Å². The highest BCUT2D eigenvalue weighted by molar-refractivity contribution is 7.14. The number of carbonyl (C=O) groups is 4. The van der Waals surface area contributed by atoms with Crippen LogP contribution in [0.3, 0.4) is 0 Å². The second-order valence-electron chi connectivity index (χ2n) is 6.42. The third-order valence-electron chi connectivity index (χ3n) is 4.17. The van der Waals surface area contributed by atoms with Gasteiger partial charge in [-0.2, -0.15) is 0 Å². The minimum atomic E-state index is -0.666. The molecule has 0 bridgehead atoms. The van der Waals surface area contributed by atoms with Crippen LogP contribution in [0.25, 0.3) is 0 Å². The largest absolute Gasteiger partial charge is 0.465 e. The Balaban J connectivity index is 1.66. The first-order valence-electron chi connectivity index (χ1n) is 9.26. The van der Waals surface area contributed by atoms with Crippen molar-refractivity contribution >= 4 is 57.2 Å². The monoisotopic (exact) mass is 473 g/mol. The number of nitrogens with zero attached hydrogens (tertiary/aromatic N) is 1. The van der Waals surface area contributed by atoms with Crippen molar-refractivity contribution in [2.75, 3.05) is 24.9 Å². The molecule has 2 N–H and O–H groups in total. The quantitative estimate of drug-likeness (QED) is 0.482. The predicted octanol–water partition coefficient (Wildman–Crippen LogP) is 3.14. The average Bonchev–Trinajstić information content (AvgIpc) is 3.44. The summed E-state index contributed by atoms with van der Waals surface area (Å²) in [6.45, 7) is 0. The molecule has 0 spiro atoms. The van der Waals surface area contributed by atoms with Crippen LogP contribution in [0.4, 0.5) is 10.8 Å². The molecule has 9 nitrogen and oxygen atoms in total. The second kappa shape index (κ2) is 10.6. The number of thiazole rings is 1. The summed E-state index contributed by atoms with van der Waals surface area (Å²) in [6.07, 6.45) is 0.153. The van der Waals surface area contributed by atoms with Crippen LogP contribution >= 0.6 is 22.7 Å². The van der Waals surface area contributed by atoms with Crippen molar-refractivity contribution in [3.05, 3.63) is 62.8 Å². The molecule has 0 saturated carbocycles. The van der Waals surface area contributed by atoms with Gasteiger partial charge in [0, 0.05) is 10.3 Å². The van der Waals surface area contributed by atoms with E-state index in [0.29, 0.717) is 10.8 Å². The number of nitrogens with one attached hydrogen (secondary N) is 2. The first kappa shape index (κ1) is 23.1. The Morgan fingerprint density at radius 3 is 2.38 bits per heavy atom. The summed E-state index contributed by atoms with van der Waals surface area (Å²) in [7, 11) is 2.44. The van der Waals surface area contributed by atoms with E-state index in [0.717, 1.165) is 4.88 Å². The number of methoxy groups -OCH3 is 2. The molecule has 0 aliphatic carbocycles. The van der Waals surface area contributed by atoms with Crippen molar-refractivity contribution in [3.8, 4) is 0 Å². The molecule has 11 heteroatoms. The van der Waals surface area contributed by atoms with Crippen LogP contribution in [0, 0.1) is 0 Å². The number of benzene rings is 1. The van der Waals surface area contributed by atoms with Gasteiger partial charge < -0.3 is 20.1 Å². The lowest BCUT2D eigenvalue weighted by Gasteiger charge is -2.11. The second-order valence-corrected chi connectivity index (χ2v) is 8.31. The van der Waals surface area contributed by atoms with E-state index in [2.05, 4.69) is 20.4 Å². The zero-order valence-electron chi connectivity index (χ0n) is 17.2. The van der Waals surface area contributed by atoms with Gasteiger partial charge in [-0.1, -0.05) is 6.07 Å². The van der Waals surface area contributed by atoms with Gasteiger partial charge in [0.15, 0.2) is 5.13 Å². The van der Waals surface area contributed by atoms with Crippen molar-refractivity contribution < 1.29 is 28.7 Å². The lowest BCUT2D eigenvalue weighted by Crippen LogP contribution is -2.18. The van der Waals surface area contributed by atoms with Crippen molar-refractivity contribution in [2.24, 2.45) is 0 Å². The number of ether oxygens (including phenoxy) is 2. The van der Waals surface area contributed by atoms with Crippen LogP contribution < -0.4 is 10.6 Å². The van der Waals surface area contributed by atoms with Gasteiger partial charge >= 0.3 is 11.9 Å². The SMILES string of the molecule is COC(=O)c1ccc(C(=O)OC)c(NC(=O)Cc2csc(NC(=O)Cc3cccs3)n2)c1. The predicted molar refractivity (Wildman–Crippen MR) is 120 cm³/mol. The van der Waals surface area contributed by atoms with Gasteiger partial charge in [-0.15, -0.1) is 22.7 Å². The van der Waals surface area contributed by atoms with E-state index in [1.54, 1.807) is 5.38 Å². The molecular weight excluding hydrogens is 454 g/mol. The van der Waals surface area contributed by atoms with Gasteiger partial charge in [-0.3, -0.25) is 9.59 Å². The molecule has 0 aliphatic heterocycles. The van der Waals surface area contributed by atoms with Crippen molar-refractivity contribution in [2.45, 2.75) is 12.8 Å². The van der Waals surface area contributed by atoms with Gasteiger partial charge in [0.1, 0.15) is 0 Å². The lowest BCUT2D eigenvalue weighted by molar-refractivity contribution is -0.116. The molecule has 32 heavy (non-hydrogen) atoms. The Morgan fingerprint density at radius 2 is 1.69 bits per heavy atom. The maximum Gasteiger partial charge on any atom is 0.339 e. The van der Waals surface area contributed by atoms with Gasteiger partial charge in [-0.25, -0.2) is 14.6 Å². The summed E-state index contributed by atoms with van der Waals surface area (Å²) in [6, 6.07) is 7.86. The summed E-state index contributed by atoms with van der Waals surface area (Å²) in [5.74, 6) is -1.93. The molecule has 166 valence electrons. The summed E-state index contributed by atoms with van der Waals surface area (Å²) in [5, 5.41) is 9.26. The van der Waals surface area contributed by atoms with Gasteiger partial charge in [0.2, 0.25) is 11.8 Å². The van der Waals surface area contributed by atoms with Crippen LogP contribution in [-0.4, -0.2) is 43.0 Å². The van der Waals surface area contributed by atoms with E-state index in [4.69, 9.17) is 4.74 Å². The number of anilines is 2. The third kappa shape index (κ3) is 5.99. The molecular formula is C21H19N3O6S2. The van der Waals surface area contributed by atoms with E-state index in [-0.39, 0.29) is 35.6 Å². The van der Waals surface area contributed by atoms with E-state index in [9.17, 15) is 19.2 Å². The summed E-state index contributed by atoms with van der Waals surface area (Å²) < 4.78 is 9.40. The Labute approximate surface area is 191 Å². The summed E-state index contributed by atoms with van der Waals surface area (Å²) >= 11 is 2.70. The number of esters is 2. The molecule has 2 aromatic heterocycles. The Morgan fingerprint density at radius 1 is 0.938 bits per heavy atom. The van der Waals surface area contributed by atoms with E-state index in [1.165, 1.54) is 55.1 Å². The Hall–Kier alpha value is -3.57. The zero-order chi connectivity index (χ0) is 23.1. The molecule has 0 radical (unpaired) electrons. The van der Waals surface area contributed by atoms with Crippen LogP contribution in [0.15, 0.2) is 41.1 Å². The number of amides is 2. The maximum atomic E-state index is 12.5. The highest BCUT2D eigenvalue weighted by Gasteiger charge is 2.18. The fourth-order valence-corrected chi connectivity index (χ4v) is 4.15. The Kier molecular flexibility index (Phi) is 7.68. The van der Waals surface area contributed by atoms with Crippen LogP contribution in [0.2, 0.25) is 0 Å². The molecule has 3 rings (SSSR count). The smallest absolute Gasteiger partial charge is 0.339 e.